The number of phenolic OH excluding ortho intramolecular Hbond substituents is 1. The van der Waals surface area contributed by atoms with E-state index in [1.165, 1.54) is 7.11 Å². The van der Waals surface area contributed by atoms with Crippen molar-refractivity contribution in [1.82, 2.24) is 14.9 Å². The van der Waals surface area contributed by atoms with E-state index in [2.05, 4.69) is 15.3 Å². The van der Waals surface area contributed by atoms with Crippen molar-refractivity contribution >= 4 is 6.21 Å². The Morgan fingerprint density at radius 1 is 1.28 bits per heavy atom. The van der Waals surface area contributed by atoms with Crippen molar-refractivity contribution in [3.05, 3.63) is 35.4 Å². The molecule has 6 nitrogen and oxygen atoms in total. The van der Waals surface area contributed by atoms with Crippen LogP contribution in [-0.4, -0.2) is 33.3 Å². The number of methoxy groups -OCH3 is 1. The Balaban J connectivity index is 2.29. The number of aryl methyl sites for hydroxylation is 2. The molecule has 0 aliphatic rings. The third kappa shape index (κ3) is 2.32. The maximum Gasteiger partial charge on any atom is 0.161 e. The van der Waals surface area contributed by atoms with Crippen LogP contribution < -0.4 is 4.74 Å². The Kier molecular flexibility index (Phi) is 3.27. The zero-order valence-electron chi connectivity index (χ0n) is 10.5. The van der Waals surface area contributed by atoms with Gasteiger partial charge in [-0.1, -0.05) is 0 Å². The fourth-order valence-electron chi connectivity index (χ4n) is 1.53. The van der Waals surface area contributed by atoms with E-state index in [0.717, 1.165) is 17.2 Å². The first-order chi connectivity index (χ1) is 8.61. The van der Waals surface area contributed by atoms with Crippen LogP contribution in [0.1, 0.15) is 17.2 Å². The minimum Gasteiger partial charge on any atom is -0.504 e. The molecule has 0 amide bonds. The van der Waals surface area contributed by atoms with Gasteiger partial charge in [0, 0.05) is 0 Å². The number of ether oxygens (including phenoxy) is 1. The summed E-state index contributed by atoms with van der Waals surface area (Å²) in [5.41, 5.74) is 0.817. The van der Waals surface area contributed by atoms with Gasteiger partial charge in [0.25, 0.3) is 0 Å². The smallest absolute Gasteiger partial charge is 0.161 e. The van der Waals surface area contributed by atoms with E-state index >= 15 is 0 Å². The first-order valence-electron chi connectivity index (χ1n) is 5.42. The normalized spacial score (nSPS) is 11.1. The molecular formula is C12H14N4O2. The molecule has 0 spiro atoms. The van der Waals surface area contributed by atoms with Crippen molar-refractivity contribution in [1.29, 1.82) is 0 Å². The summed E-state index contributed by atoms with van der Waals surface area (Å²) in [5.74, 6) is 1.95. The Morgan fingerprint density at radius 3 is 2.56 bits per heavy atom. The summed E-state index contributed by atoms with van der Waals surface area (Å²) in [7, 11) is 1.50. The summed E-state index contributed by atoms with van der Waals surface area (Å²) < 4.78 is 6.67. The Bertz CT molecular complexity index is 570. The summed E-state index contributed by atoms with van der Waals surface area (Å²) in [6, 6.07) is 5.01. The molecule has 0 saturated heterocycles. The zero-order chi connectivity index (χ0) is 13.1. The predicted molar refractivity (Wildman–Crippen MR) is 67.1 cm³/mol. The fraction of sp³-hybridized carbons (Fsp3) is 0.250. The molecule has 2 aromatic rings. The highest BCUT2D eigenvalue weighted by atomic mass is 16.5. The number of aromatic hydroxyl groups is 1. The number of benzene rings is 1. The van der Waals surface area contributed by atoms with Crippen molar-refractivity contribution in [2.24, 2.45) is 5.10 Å². The van der Waals surface area contributed by atoms with Crippen LogP contribution in [0.5, 0.6) is 11.5 Å². The Labute approximate surface area is 105 Å². The molecule has 1 aromatic heterocycles. The number of hydrogen-bond acceptors (Lipinski definition) is 5. The first kappa shape index (κ1) is 12.1. The quantitative estimate of drug-likeness (QED) is 0.833. The zero-order valence-corrected chi connectivity index (χ0v) is 10.5. The second-order valence-electron chi connectivity index (χ2n) is 3.78. The molecule has 0 unspecified atom stereocenters. The number of rotatable bonds is 3. The minimum absolute atomic E-state index is 0.103. The van der Waals surface area contributed by atoms with Gasteiger partial charge < -0.3 is 9.84 Å². The molecule has 1 N–H and O–H groups in total. The average molecular weight is 246 g/mol. The van der Waals surface area contributed by atoms with Gasteiger partial charge in [0.15, 0.2) is 23.1 Å². The first-order valence-corrected chi connectivity index (χ1v) is 5.42. The van der Waals surface area contributed by atoms with Gasteiger partial charge in [-0.15, -0.1) is 10.2 Å². The van der Waals surface area contributed by atoms with Crippen LogP contribution >= 0.6 is 0 Å². The van der Waals surface area contributed by atoms with Gasteiger partial charge in [0.2, 0.25) is 0 Å². The molecule has 18 heavy (non-hydrogen) atoms. The third-order valence-electron chi connectivity index (χ3n) is 2.48. The highest BCUT2D eigenvalue weighted by Gasteiger charge is 2.03. The van der Waals surface area contributed by atoms with E-state index in [9.17, 15) is 5.11 Å². The predicted octanol–water partition coefficient (Wildman–Crippen LogP) is 1.49. The lowest BCUT2D eigenvalue weighted by Gasteiger charge is -2.03. The van der Waals surface area contributed by atoms with Crippen LogP contribution in [0.3, 0.4) is 0 Å². The summed E-state index contributed by atoms with van der Waals surface area (Å²) >= 11 is 0. The summed E-state index contributed by atoms with van der Waals surface area (Å²) in [4.78, 5) is 0. The molecule has 94 valence electrons. The van der Waals surface area contributed by atoms with Gasteiger partial charge in [-0.25, -0.2) is 4.68 Å². The van der Waals surface area contributed by atoms with Crippen LogP contribution in [0.25, 0.3) is 0 Å². The van der Waals surface area contributed by atoms with Crippen LogP contribution in [0.15, 0.2) is 23.3 Å². The molecular weight excluding hydrogens is 232 g/mol. The minimum atomic E-state index is 0.103. The maximum atomic E-state index is 9.48. The summed E-state index contributed by atoms with van der Waals surface area (Å²) in [5, 5.41) is 21.6. The fourth-order valence-corrected chi connectivity index (χ4v) is 1.53. The van der Waals surface area contributed by atoms with E-state index in [1.54, 1.807) is 29.1 Å². The van der Waals surface area contributed by atoms with Gasteiger partial charge >= 0.3 is 0 Å². The van der Waals surface area contributed by atoms with Crippen LogP contribution in [-0.2, 0) is 0 Å². The molecule has 0 aliphatic carbocycles. The van der Waals surface area contributed by atoms with Crippen molar-refractivity contribution in [3.8, 4) is 11.5 Å². The van der Waals surface area contributed by atoms with E-state index < -0.39 is 0 Å². The van der Waals surface area contributed by atoms with E-state index in [1.807, 2.05) is 13.8 Å². The van der Waals surface area contributed by atoms with Gasteiger partial charge in [-0.2, -0.15) is 5.10 Å². The van der Waals surface area contributed by atoms with Crippen molar-refractivity contribution in [2.45, 2.75) is 13.8 Å². The maximum absolute atomic E-state index is 9.48. The molecule has 0 atom stereocenters. The highest BCUT2D eigenvalue weighted by Crippen LogP contribution is 2.25. The monoisotopic (exact) mass is 246 g/mol. The van der Waals surface area contributed by atoms with E-state index in [4.69, 9.17) is 4.74 Å². The third-order valence-corrected chi connectivity index (χ3v) is 2.48. The van der Waals surface area contributed by atoms with Crippen molar-refractivity contribution in [2.75, 3.05) is 7.11 Å². The van der Waals surface area contributed by atoms with Crippen LogP contribution in [0.2, 0.25) is 0 Å². The Hall–Kier alpha value is -2.37. The van der Waals surface area contributed by atoms with E-state index in [0.29, 0.717) is 5.75 Å². The molecule has 2 rings (SSSR count). The summed E-state index contributed by atoms with van der Waals surface area (Å²) in [6.45, 7) is 3.66. The molecule has 0 radical (unpaired) electrons. The van der Waals surface area contributed by atoms with Crippen LogP contribution in [0, 0.1) is 13.8 Å². The largest absolute Gasteiger partial charge is 0.504 e. The second-order valence-corrected chi connectivity index (χ2v) is 3.78. The molecule has 1 aromatic carbocycles. The molecule has 0 saturated carbocycles. The van der Waals surface area contributed by atoms with Gasteiger partial charge in [0.05, 0.1) is 13.3 Å². The SMILES string of the molecule is COc1cc(/C=N/n2c(C)nnc2C)ccc1O. The second kappa shape index (κ2) is 4.87. The number of phenols is 1. The van der Waals surface area contributed by atoms with Crippen LogP contribution in [0.4, 0.5) is 0 Å². The summed E-state index contributed by atoms with van der Waals surface area (Å²) in [6.07, 6.45) is 1.66. The number of aromatic nitrogens is 3. The van der Waals surface area contributed by atoms with Crippen molar-refractivity contribution in [3.63, 3.8) is 0 Å². The standard InChI is InChI=1S/C12H14N4O2/c1-8-14-15-9(2)16(8)13-7-10-4-5-11(17)12(6-10)18-3/h4-7,17H,1-3H3/b13-7+. The lowest BCUT2D eigenvalue weighted by Crippen LogP contribution is -1.96. The Morgan fingerprint density at radius 2 is 1.94 bits per heavy atom. The van der Waals surface area contributed by atoms with Crippen molar-refractivity contribution < 1.29 is 9.84 Å². The molecule has 6 heteroatoms. The van der Waals surface area contributed by atoms with Gasteiger partial charge in [-0.3, -0.25) is 0 Å². The molecule has 1 heterocycles. The lowest BCUT2D eigenvalue weighted by atomic mass is 10.2. The lowest BCUT2D eigenvalue weighted by molar-refractivity contribution is 0.373. The highest BCUT2D eigenvalue weighted by molar-refractivity contribution is 5.80. The van der Waals surface area contributed by atoms with Gasteiger partial charge in [0.1, 0.15) is 0 Å². The van der Waals surface area contributed by atoms with Gasteiger partial charge in [-0.05, 0) is 37.6 Å². The molecule has 0 bridgehead atoms. The molecule has 0 fully saturated rings. The number of hydrogen-bond donors (Lipinski definition) is 1. The number of nitrogens with zero attached hydrogens (tertiary/aromatic N) is 4. The average Bonchev–Trinajstić information content (AvgIpc) is 2.68. The topological polar surface area (TPSA) is 72.5 Å². The molecule has 0 aliphatic heterocycles. The van der Waals surface area contributed by atoms with E-state index in [-0.39, 0.29) is 5.75 Å².